The molecule has 0 aromatic carbocycles. The standard InChI is InChI=1S/C18H32O4/c1-11-16(6,7)21-22-17(8,9)12-13-18(10,15(3,4)5)20-14(2)19/h11H2,1-10H3/t18-/m1/s1. The van der Waals surface area contributed by atoms with Crippen molar-refractivity contribution < 1.29 is 19.3 Å². The Kier molecular flexibility index (Phi) is 6.68. The van der Waals surface area contributed by atoms with E-state index in [9.17, 15) is 4.79 Å². The molecule has 0 aliphatic rings. The lowest BCUT2D eigenvalue weighted by molar-refractivity contribution is -0.388. The molecule has 0 aromatic heterocycles. The summed E-state index contributed by atoms with van der Waals surface area (Å²) in [6.45, 7) is 18.7. The highest BCUT2D eigenvalue weighted by atomic mass is 17.2. The summed E-state index contributed by atoms with van der Waals surface area (Å²) in [5, 5.41) is 0. The SMILES string of the molecule is CCC(C)(C)OOC(C)(C)C#C[C@@](C)(OC(C)=O)C(C)(C)C. The minimum Gasteiger partial charge on any atom is -0.446 e. The Bertz CT molecular complexity index is 446. The van der Waals surface area contributed by atoms with Crippen LogP contribution in [0.1, 0.15) is 75.7 Å². The van der Waals surface area contributed by atoms with Gasteiger partial charge in [0.1, 0.15) is 0 Å². The summed E-state index contributed by atoms with van der Waals surface area (Å²) < 4.78 is 5.46. The van der Waals surface area contributed by atoms with Gasteiger partial charge >= 0.3 is 5.97 Å². The van der Waals surface area contributed by atoms with Crippen LogP contribution in [0.4, 0.5) is 0 Å². The number of esters is 1. The first-order chi connectivity index (χ1) is 9.64. The van der Waals surface area contributed by atoms with Gasteiger partial charge < -0.3 is 4.74 Å². The van der Waals surface area contributed by atoms with E-state index in [1.807, 2.05) is 62.3 Å². The van der Waals surface area contributed by atoms with Crippen molar-refractivity contribution in [2.24, 2.45) is 5.41 Å². The average molecular weight is 312 g/mol. The maximum atomic E-state index is 11.4. The van der Waals surface area contributed by atoms with Crippen LogP contribution in [-0.4, -0.2) is 22.8 Å². The quantitative estimate of drug-likeness (QED) is 0.329. The zero-order valence-corrected chi connectivity index (χ0v) is 15.8. The van der Waals surface area contributed by atoms with Crippen molar-refractivity contribution in [3.05, 3.63) is 0 Å². The molecule has 0 saturated heterocycles. The molecule has 0 radical (unpaired) electrons. The third kappa shape index (κ3) is 6.81. The van der Waals surface area contributed by atoms with E-state index in [0.29, 0.717) is 0 Å². The average Bonchev–Trinajstić information content (AvgIpc) is 2.33. The number of rotatable bonds is 5. The first-order valence-electron chi connectivity index (χ1n) is 7.75. The lowest BCUT2D eigenvalue weighted by Crippen LogP contribution is -2.43. The summed E-state index contributed by atoms with van der Waals surface area (Å²) in [4.78, 5) is 22.3. The summed E-state index contributed by atoms with van der Waals surface area (Å²) in [6.07, 6.45) is 0.823. The Balaban J connectivity index is 5.23. The van der Waals surface area contributed by atoms with Crippen LogP contribution in [0.2, 0.25) is 0 Å². The van der Waals surface area contributed by atoms with Gasteiger partial charge in [-0.25, -0.2) is 9.78 Å². The molecule has 4 heteroatoms. The van der Waals surface area contributed by atoms with Gasteiger partial charge in [-0.1, -0.05) is 39.5 Å². The second kappa shape index (κ2) is 7.02. The van der Waals surface area contributed by atoms with Gasteiger partial charge in [0.25, 0.3) is 0 Å². The molecule has 1 atom stereocenters. The molecular weight excluding hydrogens is 280 g/mol. The molecule has 0 unspecified atom stereocenters. The second-order valence-electron chi connectivity index (χ2n) is 7.92. The Morgan fingerprint density at radius 2 is 1.41 bits per heavy atom. The van der Waals surface area contributed by atoms with Crippen LogP contribution in [0.5, 0.6) is 0 Å². The van der Waals surface area contributed by atoms with E-state index in [-0.39, 0.29) is 17.0 Å². The van der Waals surface area contributed by atoms with E-state index in [0.717, 1.165) is 6.42 Å². The van der Waals surface area contributed by atoms with E-state index in [4.69, 9.17) is 14.5 Å². The van der Waals surface area contributed by atoms with Crippen LogP contribution in [0.15, 0.2) is 0 Å². The van der Waals surface area contributed by atoms with Gasteiger partial charge in [-0.15, -0.1) is 0 Å². The zero-order valence-electron chi connectivity index (χ0n) is 15.8. The summed E-state index contributed by atoms with van der Waals surface area (Å²) in [5.41, 5.74) is -2.41. The highest BCUT2D eigenvalue weighted by Crippen LogP contribution is 2.33. The Morgan fingerprint density at radius 1 is 0.909 bits per heavy atom. The van der Waals surface area contributed by atoms with Gasteiger partial charge in [-0.05, 0) is 41.0 Å². The molecule has 0 amide bonds. The molecular formula is C18H32O4. The number of carbonyl (C=O) groups excluding carboxylic acids is 1. The molecule has 22 heavy (non-hydrogen) atoms. The molecule has 4 nitrogen and oxygen atoms in total. The van der Waals surface area contributed by atoms with Gasteiger partial charge in [-0.3, -0.25) is 4.79 Å². The lowest BCUT2D eigenvalue weighted by atomic mass is 9.77. The first kappa shape index (κ1) is 20.9. The topological polar surface area (TPSA) is 44.8 Å². The largest absolute Gasteiger partial charge is 0.446 e. The van der Waals surface area contributed by atoms with Gasteiger partial charge in [0.2, 0.25) is 0 Å². The predicted octanol–water partition coefficient (Wildman–Crippen LogP) is 4.27. The van der Waals surface area contributed by atoms with Gasteiger partial charge in [0.15, 0.2) is 11.2 Å². The summed E-state index contributed by atoms with van der Waals surface area (Å²) in [6, 6.07) is 0. The smallest absolute Gasteiger partial charge is 0.304 e. The van der Waals surface area contributed by atoms with E-state index >= 15 is 0 Å². The third-order valence-corrected chi connectivity index (χ3v) is 3.71. The fraction of sp³-hybridized carbons (Fsp3) is 0.833. The van der Waals surface area contributed by atoms with Crippen LogP contribution in [0, 0.1) is 17.3 Å². The normalized spacial score (nSPS) is 15.5. The van der Waals surface area contributed by atoms with Crippen molar-refractivity contribution in [2.45, 2.75) is 92.5 Å². The molecule has 0 aliphatic carbocycles. The van der Waals surface area contributed by atoms with Gasteiger partial charge in [-0.2, -0.15) is 0 Å². The fourth-order valence-corrected chi connectivity index (χ4v) is 1.22. The van der Waals surface area contributed by atoms with Crippen molar-refractivity contribution in [2.75, 3.05) is 0 Å². The third-order valence-electron chi connectivity index (χ3n) is 3.71. The Morgan fingerprint density at radius 3 is 1.77 bits per heavy atom. The highest BCUT2D eigenvalue weighted by molar-refractivity contribution is 5.67. The molecule has 0 bridgehead atoms. The minimum absolute atomic E-state index is 0.328. The maximum absolute atomic E-state index is 11.4. The first-order valence-corrected chi connectivity index (χ1v) is 7.75. The van der Waals surface area contributed by atoms with Crippen molar-refractivity contribution in [1.29, 1.82) is 0 Å². The molecule has 0 fully saturated rings. The van der Waals surface area contributed by atoms with Crippen LogP contribution >= 0.6 is 0 Å². The van der Waals surface area contributed by atoms with Crippen molar-refractivity contribution in [1.82, 2.24) is 0 Å². The minimum atomic E-state index is -0.903. The van der Waals surface area contributed by atoms with E-state index in [2.05, 4.69) is 11.8 Å². The molecule has 0 rings (SSSR count). The van der Waals surface area contributed by atoms with Crippen molar-refractivity contribution >= 4 is 5.97 Å². The van der Waals surface area contributed by atoms with Gasteiger partial charge in [0.05, 0.1) is 5.60 Å². The van der Waals surface area contributed by atoms with Crippen LogP contribution in [0.3, 0.4) is 0 Å². The summed E-state index contributed by atoms with van der Waals surface area (Å²) >= 11 is 0. The maximum Gasteiger partial charge on any atom is 0.304 e. The highest BCUT2D eigenvalue weighted by Gasteiger charge is 2.39. The number of ether oxygens (including phenoxy) is 1. The van der Waals surface area contributed by atoms with Crippen LogP contribution in [0.25, 0.3) is 0 Å². The van der Waals surface area contributed by atoms with E-state index < -0.39 is 11.2 Å². The number of hydrogen-bond donors (Lipinski definition) is 0. The Labute approximate surface area is 135 Å². The fourth-order valence-electron chi connectivity index (χ4n) is 1.22. The molecule has 0 spiro atoms. The second-order valence-corrected chi connectivity index (χ2v) is 7.92. The predicted molar refractivity (Wildman–Crippen MR) is 88.0 cm³/mol. The van der Waals surface area contributed by atoms with E-state index in [1.54, 1.807) is 0 Å². The molecule has 0 aliphatic heterocycles. The van der Waals surface area contributed by atoms with Crippen molar-refractivity contribution in [3.63, 3.8) is 0 Å². The lowest BCUT2D eigenvalue weighted by Gasteiger charge is -2.37. The number of carbonyl (C=O) groups is 1. The van der Waals surface area contributed by atoms with Crippen LogP contribution in [-0.2, 0) is 19.3 Å². The Hall–Kier alpha value is -1.05. The van der Waals surface area contributed by atoms with Crippen molar-refractivity contribution in [3.8, 4) is 11.8 Å². The molecule has 0 aromatic rings. The molecule has 0 heterocycles. The summed E-state index contributed by atoms with van der Waals surface area (Å²) in [7, 11) is 0. The number of hydrogen-bond acceptors (Lipinski definition) is 4. The summed E-state index contributed by atoms with van der Waals surface area (Å²) in [5.74, 6) is 5.74. The monoisotopic (exact) mass is 312 g/mol. The van der Waals surface area contributed by atoms with Gasteiger partial charge in [0, 0.05) is 12.3 Å². The molecule has 0 N–H and O–H groups in total. The zero-order chi connectivity index (χ0) is 17.8. The molecule has 0 saturated carbocycles. The molecule has 128 valence electrons. The van der Waals surface area contributed by atoms with Crippen LogP contribution < -0.4 is 0 Å². The van der Waals surface area contributed by atoms with E-state index in [1.165, 1.54) is 6.92 Å².